The van der Waals surface area contributed by atoms with E-state index < -0.39 is 0 Å². The first-order valence-corrected chi connectivity index (χ1v) is 5.23. The Morgan fingerprint density at radius 3 is 2.57 bits per heavy atom. The molecule has 1 aromatic rings. The molecule has 0 aliphatic carbocycles. The summed E-state index contributed by atoms with van der Waals surface area (Å²) in [6, 6.07) is 10.4. The standard InChI is InChI=1S/C13H19N/c1-3-14(2)12-8-7-11-13-9-5-4-6-10-13/h4-7,9-11H,3,8,12H2,1-2H3. The van der Waals surface area contributed by atoms with Crippen molar-refractivity contribution in [2.75, 3.05) is 20.1 Å². The van der Waals surface area contributed by atoms with Crippen LogP contribution in [0.4, 0.5) is 0 Å². The highest BCUT2D eigenvalue weighted by Gasteiger charge is 1.90. The van der Waals surface area contributed by atoms with Crippen LogP contribution in [-0.4, -0.2) is 25.0 Å². The molecule has 0 unspecified atom stereocenters. The van der Waals surface area contributed by atoms with Gasteiger partial charge in [0.05, 0.1) is 0 Å². The van der Waals surface area contributed by atoms with Gasteiger partial charge in [0, 0.05) is 6.54 Å². The number of nitrogens with zero attached hydrogens (tertiary/aromatic N) is 1. The molecule has 0 saturated carbocycles. The van der Waals surface area contributed by atoms with Gasteiger partial charge in [-0.05, 0) is 25.6 Å². The molecule has 1 aromatic carbocycles. The van der Waals surface area contributed by atoms with E-state index in [0.717, 1.165) is 19.5 Å². The van der Waals surface area contributed by atoms with E-state index in [1.165, 1.54) is 5.56 Å². The van der Waals surface area contributed by atoms with Crippen LogP contribution < -0.4 is 0 Å². The molecule has 0 saturated heterocycles. The lowest BCUT2D eigenvalue weighted by Crippen LogP contribution is -2.17. The summed E-state index contributed by atoms with van der Waals surface area (Å²) in [6.45, 7) is 4.44. The Bertz CT molecular complexity index is 264. The lowest BCUT2D eigenvalue weighted by atomic mass is 10.2. The summed E-state index contributed by atoms with van der Waals surface area (Å²) in [4.78, 5) is 2.31. The summed E-state index contributed by atoms with van der Waals surface area (Å²) in [7, 11) is 2.15. The average molecular weight is 189 g/mol. The predicted octanol–water partition coefficient (Wildman–Crippen LogP) is 3.04. The summed E-state index contributed by atoms with van der Waals surface area (Å²) in [6.07, 6.45) is 5.55. The van der Waals surface area contributed by atoms with Crippen LogP contribution in [-0.2, 0) is 0 Å². The molecular weight excluding hydrogens is 170 g/mol. The van der Waals surface area contributed by atoms with Crippen molar-refractivity contribution < 1.29 is 0 Å². The molecule has 0 radical (unpaired) electrons. The lowest BCUT2D eigenvalue weighted by molar-refractivity contribution is 0.360. The zero-order chi connectivity index (χ0) is 10.2. The minimum Gasteiger partial charge on any atom is -0.306 e. The second-order valence-corrected chi connectivity index (χ2v) is 3.50. The monoisotopic (exact) mass is 189 g/mol. The van der Waals surface area contributed by atoms with Crippen molar-refractivity contribution in [1.29, 1.82) is 0 Å². The molecule has 0 N–H and O–H groups in total. The lowest BCUT2D eigenvalue weighted by Gasteiger charge is -2.10. The first kappa shape index (κ1) is 11.0. The van der Waals surface area contributed by atoms with Gasteiger partial charge in [0.25, 0.3) is 0 Å². The smallest absolute Gasteiger partial charge is 0.00129 e. The topological polar surface area (TPSA) is 3.24 Å². The Kier molecular flexibility index (Phi) is 5.02. The third-order valence-corrected chi connectivity index (χ3v) is 2.33. The van der Waals surface area contributed by atoms with Crippen molar-refractivity contribution in [2.24, 2.45) is 0 Å². The first-order valence-electron chi connectivity index (χ1n) is 5.23. The van der Waals surface area contributed by atoms with E-state index in [-0.39, 0.29) is 0 Å². The fourth-order valence-electron chi connectivity index (χ4n) is 1.24. The fourth-order valence-corrected chi connectivity index (χ4v) is 1.24. The SMILES string of the molecule is CCN(C)CCC=Cc1ccccc1. The van der Waals surface area contributed by atoms with Crippen LogP contribution in [0.5, 0.6) is 0 Å². The van der Waals surface area contributed by atoms with Crippen LogP contribution in [0.15, 0.2) is 36.4 Å². The van der Waals surface area contributed by atoms with E-state index >= 15 is 0 Å². The van der Waals surface area contributed by atoms with Gasteiger partial charge in [-0.2, -0.15) is 0 Å². The molecule has 76 valence electrons. The van der Waals surface area contributed by atoms with Gasteiger partial charge in [-0.15, -0.1) is 0 Å². The van der Waals surface area contributed by atoms with Gasteiger partial charge in [0.2, 0.25) is 0 Å². The normalized spacial score (nSPS) is 11.4. The quantitative estimate of drug-likeness (QED) is 0.688. The Hall–Kier alpha value is -1.08. The van der Waals surface area contributed by atoms with E-state index in [9.17, 15) is 0 Å². The predicted molar refractivity (Wildman–Crippen MR) is 63.3 cm³/mol. The second kappa shape index (κ2) is 6.39. The van der Waals surface area contributed by atoms with Crippen molar-refractivity contribution >= 4 is 6.08 Å². The van der Waals surface area contributed by atoms with Crippen molar-refractivity contribution in [3.05, 3.63) is 42.0 Å². The molecule has 1 heteroatoms. The highest BCUT2D eigenvalue weighted by Crippen LogP contribution is 2.01. The van der Waals surface area contributed by atoms with Crippen molar-refractivity contribution in [1.82, 2.24) is 4.90 Å². The maximum atomic E-state index is 2.31. The van der Waals surface area contributed by atoms with E-state index in [4.69, 9.17) is 0 Å². The number of benzene rings is 1. The van der Waals surface area contributed by atoms with Crippen LogP contribution in [0.25, 0.3) is 6.08 Å². The van der Waals surface area contributed by atoms with Gasteiger partial charge in [-0.1, -0.05) is 49.4 Å². The maximum Gasteiger partial charge on any atom is 0.00129 e. The first-order chi connectivity index (χ1) is 6.83. The Balaban J connectivity index is 2.28. The van der Waals surface area contributed by atoms with Crippen LogP contribution in [0.3, 0.4) is 0 Å². The van der Waals surface area contributed by atoms with Gasteiger partial charge >= 0.3 is 0 Å². The fraction of sp³-hybridized carbons (Fsp3) is 0.385. The van der Waals surface area contributed by atoms with Gasteiger partial charge in [0.15, 0.2) is 0 Å². The van der Waals surface area contributed by atoms with Gasteiger partial charge in [-0.3, -0.25) is 0 Å². The summed E-state index contributed by atoms with van der Waals surface area (Å²) >= 11 is 0. The van der Waals surface area contributed by atoms with Gasteiger partial charge < -0.3 is 4.90 Å². The van der Waals surface area contributed by atoms with E-state index in [0.29, 0.717) is 0 Å². The Labute approximate surface area is 87.1 Å². The van der Waals surface area contributed by atoms with Gasteiger partial charge in [-0.25, -0.2) is 0 Å². The molecular formula is C13H19N. The molecule has 0 aromatic heterocycles. The molecule has 0 aliphatic rings. The second-order valence-electron chi connectivity index (χ2n) is 3.50. The largest absolute Gasteiger partial charge is 0.306 e. The molecule has 0 amide bonds. The average Bonchev–Trinajstić information content (AvgIpc) is 2.25. The number of rotatable bonds is 5. The van der Waals surface area contributed by atoms with Crippen molar-refractivity contribution in [3.8, 4) is 0 Å². The number of hydrogen-bond acceptors (Lipinski definition) is 1. The zero-order valence-corrected chi connectivity index (χ0v) is 9.11. The molecule has 0 spiro atoms. The highest BCUT2D eigenvalue weighted by molar-refractivity contribution is 5.48. The van der Waals surface area contributed by atoms with Crippen molar-refractivity contribution in [2.45, 2.75) is 13.3 Å². The van der Waals surface area contributed by atoms with E-state index in [1.807, 2.05) is 6.07 Å². The molecule has 0 aliphatic heterocycles. The van der Waals surface area contributed by atoms with E-state index in [2.05, 4.69) is 55.3 Å². The zero-order valence-electron chi connectivity index (χ0n) is 9.11. The molecule has 0 atom stereocenters. The molecule has 0 fully saturated rings. The summed E-state index contributed by atoms with van der Waals surface area (Å²) in [5, 5.41) is 0. The third kappa shape index (κ3) is 4.24. The summed E-state index contributed by atoms with van der Waals surface area (Å²) in [5.41, 5.74) is 1.28. The van der Waals surface area contributed by atoms with Crippen LogP contribution in [0.1, 0.15) is 18.9 Å². The Morgan fingerprint density at radius 1 is 1.21 bits per heavy atom. The Morgan fingerprint density at radius 2 is 1.93 bits per heavy atom. The van der Waals surface area contributed by atoms with E-state index in [1.54, 1.807) is 0 Å². The van der Waals surface area contributed by atoms with Crippen molar-refractivity contribution in [3.63, 3.8) is 0 Å². The summed E-state index contributed by atoms with van der Waals surface area (Å²) < 4.78 is 0. The molecule has 0 bridgehead atoms. The molecule has 0 heterocycles. The van der Waals surface area contributed by atoms with Crippen LogP contribution >= 0.6 is 0 Å². The highest BCUT2D eigenvalue weighted by atomic mass is 15.1. The maximum absolute atomic E-state index is 2.31. The summed E-state index contributed by atoms with van der Waals surface area (Å²) in [5.74, 6) is 0. The molecule has 1 nitrogen and oxygen atoms in total. The van der Waals surface area contributed by atoms with Crippen LogP contribution in [0, 0.1) is 0 Å². The molecule has 1 rings (SSSR count). The minimum atomic E-state index is 1.12. The van der Waals surface area contributed by atoms with Gasteiger partial charge in [0.1, 0.15) is 0 Å². The molecule has 14 heavy (non-hydrogen) atoms. The number of hydrogen-bond donors (Lipinski definition) is 0. The minimum absolute atomic E-state index is 1.12. The van der Waals surface area contributed by atoms with Crippen LogP contribution in [0.2, 0.25) is 0 Å². The third-order valence-electron chi connectivity index (χ3n) is 2.33.